The van der Waals surface area contributed by atoms with Crippen LogP contribution in [-0.2, 0) is 26.4 Å². The van der Waals surface area contributed by atoms with Gasteiger partial charge < -0.3 is 28.5 Å². The van der Waals surface area contributed by atoms with Crippen molar-refractivity contribution >= 4 is 45.2 Å². The van der Waals surface area contributed by atoms with E-state index in [1.165, 1.54) is 12.0 Å². The lowest BCUT2D eigenvalue weighted by Gasteiger charge is -2.44. The zero-order valence-electron chi connectivity index (χ0n) is 32.7. The molecule has 278 valence electrons. The third-order valence-corrected chi connectivity index (χ3v) is 21.4. The first kappa shape index (κ1) is 38.5. The Bertz CT molecular complexity index is 1990. The minimum Gasteiger partial charge on any atom is -0.408 e. The van der Waals surface area contributed by atoms with Gasteiger partial charge in [0.2, 0.25) is 0 Å². The summed E-state index contributed by atoms with van der Waals surface area (Å²) in [7, 11) is -2.45. The second kappa shape index (κ2) is 14.5. The molecule has 2 aromatic carbocycles. The molecule has 2 N–H and O–H groups in total. The van der Waals surface area contributed by atoms with E-state index in [1.54, 1.807) is 0 Å². The number of hydrogen-bond donors (Lipinski definition) is 1. The lowest BCUT2D eigenvalue weighted by atomic mass is 10.1. The third-order valence-electron chi connectivity index (χ3n) is 11.4. The number of rotatable bonds is 11. The number of ether oxygens (including phenoxy) is 1. The highest BCUT2D eigenvalue weighted by Crippen LogP contribution is 2.47. The Morgan fingerprint density at radius 3 is 1.98 bits per heavy atom. The molecule has 12 heteroatoms. The highest BCUT2D eigenvalue weighted by atomic mass is 32.2. The van der Waals surface area contributed by atoms with Crippen molar-refractivity contribution in [2.45, 2.75) is 108 Å². The number of benzene rings is 2. The standard InChI is InChI=1S/C40H56N6O3SSi2/c1-39(2,3)51(8,9)48-33-31(25-50-24-30-32(27-18-14-12-15-19-27)44-36(45(30)7)28-20-16-13-17-21-28)47-38(34(33)49-52(10,11)40(4,5)6)46-23-22-29-35(41)42-26-43-37(29)46/h12-23,26,31,33-34,38H,24-25H2,1-11H3,(H2,41,42,43)/t31-,33-,34-,38-/m1/s1. The maximum Gasteiger partial charge on any atom is 0.192 e. The van der Waals surface area contributed by atoms with Gasteiger partial charge in [-0.15, -0.1) is 0 Å². The van der Waals surface area contributed by atoms with E-state index in [4.69, 9.17) is 24.3 Å². The molecule has 0 amide bonds. The number of nitrogens with zero attached hydrogens (tertiary/aromatic N) is 5. The monoisotopic (exact) mass is 756 g/mol. The molecule has 6 rings (SSSR count). The summed E-state index contributed by atoms with van der Waals surface area (Å²) in [5.41, 5.74) is 11.4. The summed E-state index contributed by atoms with van der Waals surface area (Å²) in [4.78, 5) is 14.1. The van der Waals surface area contributed by atoms with Crippen LogP contribution in [0.1, 0.15) is 53.5 Å². The first-order valence-electron chi connectivity index (χ1n) is 18.2. The van der Waals surface area contributed by atoms with Crippen molar-refractivity contribution in [1.29, 1.82) is 0 Å². The Balaban J connectivity index is 1.38. The van der Waals surface area contributed by atoms with Gasteiger partial charge in [0.25, 0.3) is 0 Å². The summed E-state index contributed by atoms with van der Waals surface area (Å²) in [6.07, 6.45) is 2.19. The van der Waals surface area contributed by atoms with Crippen LogP contribution in [0.25, 0.3) is 33.7 Å². The van der Waals surface area contributed by atoms with Crippen LogP contribution >= 0.6 is 11.8 Å². The van der Waals surface area contributed by atoms with Crippen LogP contribution in [0.5, 0.6) is 0 Å². The van der Waals surface area contributed by atoms with Crippen LogP contribution in [-0.4, -0.2) is 64.8 Å². The van der Waals surface area contributed by atoms with Gasteiger partial charge in [-0.05, 0) is 42.3 Å². The van der Waals surface area contributed by atoms with Crippen LogP contribution < -0.4 is 5.73 Å². The Labute approximate surface area is 316 Å². The molecule has 0 aliphatic carbocycles. The lowest BCUT2D eigenvalue weighted by molar-refractivity contribution is -0.0244. The molecule has 1 aliphatic heterocycles. The number of aromatic nitrogens is 5. The van der Waals surface area contributed by atoms with Gasteiger partial charge in [-0.3, -0.25) is 0 Å². The van der Waals surface area contributed by atoms with E-state index in [9.17, 15) is 0 Å². The fourth-order valence-electron chi connectivity index (χ4n) is 6.21. The summed E-state index contributed by atoms with van der Waals surface area (Å²) >= 11 is 1.85. The Morgan fingerprint density at radius 2 is 1.38 bits per heavy atom. The van der Waals surface area contributed by atoms with E-state index in [2.05, 4.69) is 142 Å². The quantitative estimate of drug-likeness (QED) is 0.133. The van der Waals surface area contributed by atoms with Crippen molar-refractivity contribution in [2.24, 2.45) is 7.05 Å². The van der Waals surface area contributed by atoms with Crippen LogP contribution in [0.3, 0.4) is 0 Å². The van der Waals surface area contributed by atoms with E-state index >= 15 is 0 Å². The molecule has 4 heterocycles. The van der Waals surface area contributed by atoms with Crippen molar-refractivity contribution in [3.8, 4) is 22.6 Å². The molecular formula is C40H56N6O3SSi2. The predicted molar refractivity (Wildman–Crippen MR) is 220 cm³/mol. The molecule has 0 spiro atoms. The number of imidazole rings is 1. The third kappa shape index (κ3) is 7.56. The molecule has 52 heavy (non-hydrogen) atoms. The molecule has 0 radical (unpaired) electrons. The fraction of sp³-hybridized carbons (Fsp3) is 0.475. The van der Waals surface area contributed by atoms with Crippen LogP contribution in [0.4, 0.5) is 5.82 Å². The molecule has 1 aliphatic rings. The normalized spacial score (nSPS) is 20.2. The number of anilines is 1. The Kier molecular flexibility index (Phi) is 10.7. The molecule has 4 atom stereocenters. The molecule has 3 aromatic heterocycles. The number of nitrogens with two attached hydrogens (primary N) is 1. The summed E-state index contributed by atoms with van der Waals surface area (Å²) < 4.78 is 26.3. The van der Waals surface area contributed by atoms with Gasteiger partial charge in [-0.25, -0.2) is 15.0 Å². The summed E-state index contributed by atoms with van der Waals surface area (Å²) in [5.74, 6) is 2.87. The molecule has 1 fully saturated rings. The maximum absolute atomic E-state index is 7.40. The minimum absolute atomic E-state index is 0.000734. The highest BCUT2D eigenvalue weighted by Gasteiger charge is 2.54. The average molecular weight is 757 g/mol. The maximum atomic E-state index is 7.40. The van der Waals surface area contributed by atoms with E-state index < -0.39 is 22.9 Å². The van der Waals surface area contributed by atoms with Crippen molar-refractivity contribution in [3.05, 3.63) is 84.9 Å². The van der Waals surface area contributed by atoms with E-state index in [0.717, 1.165) is 39.4 Å². The van der Waals surface area contributed by atoms with E-state index in [0.29, 0.717) is 11.6 Å². The molecule has 0 bridgehead atoms. The molecular weight excluding hydrogens is 701 g/mol. The van der Waals surface area contributed by atoms with Gasteiger partial charge in [-0.1, -0.05) is 102 Å². The number of hydrogen-bond acceptors (Lipinski definition) is 8. The van der Waals surface area contributed by atoms with E-state index in [1.807, 2.05) is 36.2 Å². The lowest BCUT2D eigenvalue weighted by Crippen LogP contribution is -2.53. The molecule has 5 aromatic rings. The molecule has 0 unspecified atom stereocenters. The molecule has 9 nitrogen and oxygen atoms in total. The van der Waals surface area contributed by atoms with E-state index in [-0.39, 0.29) is 28.4 Å². The van der Waals surface area contributed by atoms with Gasteiger partial charge in [0.1, 0.15) is 35.8 Å². The van der Waals surface area contributed by atoms with Gasteiger partial charge in [-0.2, -0.15) is 11.8 Å². The predicted octanol–water partition coefficient (Wildman–Crippen LogP) is 9.69. The van der Waals surface area contributed by atoms with Crippen LogP contribution in [0, 0.1) is 0 Å². The largest absolute Gasteiger partial charge is 0.408 e. The molecule has 1 saturated heterocycles. The Morgan fingerprint density at radius 1 is 0.808 bits per heavy atom. The zero-order valence-corrected chi connectivity index (χ0v) is 35.5. The van der Waals surface area contributed by atoms with Crippen LogP contribution in [0.15, 0.2) is 79.3 Å². The first-order valence-corrected chi connectivity index (χ1v) is 25.2. The van der Waals surface area contributed by atoms with Gasteiger partial charge in [0.15, 0.2) is 22.9 Å². The number of nitrogen functional groups attached to an aromatic ring is 1. The summed E-state index contributed by atoms with van der Waals surface area (Å²) in [6.45, 7) is 23.0. The van der Waals surface area contributed by atoms with Crippen molar-refractivity contribution in [2.75, 3.05) is 11.5 Å². The van der Waals surface area contributed by atoms with Crippen LogP contribution in [0.2, 0.25) is 36.3 Å². The van der Waals surface area contributed by atoms with Gasteiger partial charge in [0.05, 0.1) is 22.9 Å². The minimum atomic E-state index is -2.29. The average Bonchev–Trinajstić information content (AvgIpc) is 3.75. The summed E-state index contributed by atoms with van der Waals surface area (Å²) in [6, 6.07) is 22.9. The second-order valence-corrected chi connectivity index (χ2v) is 27.5. The SMILES string of the molecule is Cn1c(-c2ccccc2)nc(-c2ccccc2)c1CSC[C@H]1O[C@@H](n2ccc3c(N)ncnc32)[C@H](O[Si](C)(C)C(C)(C)C)[C@@H]1O[Si](C)(C)C(C)(C)C. The van der Waals surface area contributed by atoms with Crippen molar-refractivity contribution in [3.63, 3.8) is 0 Å². The Hall–Kier alpha value is -3.27. The smallest absolute Gasteiger partial charge is 0.192 e. The van der Waals surface area contributed by atoms with Crippen molar-refractivity contribution < 1.29 is 13.6 Å². The van der Waals surface area contributed by atoms with Crippen molar-refractivity contribution in [1.82, 2.24) is 24.1 Å². The first-order chi connectivity index (χ1) is 24.4. The van der Waals surface area contributed by atoms with Gasteiger partial charge >= 0.3 is 0 Å². The summed E-state index contributed by atoms with van der Waals surface area (Å²) in [5, 5.41) is 0.788. The highest BCUT2D eigenvalue weighted by molar-refractivity contribution is 7.98. The number of fused-ring (bicyclic) bond motifs is 1. The molecule has 0 saturated carbocycles. The zero-order chi connectivity index (χ0) is 37.6. The van der Waals surface area contributed by atoms with Gasteiger partial charge in [0, 0.05) is 35.9 Å². The fourth-order valence-corrected chi connectivity index (χ4v) is 9.95. The topological polar surface area (TPSA) is 102 Å². The number of thioether (sulfide) groups is 1. The second-order valence-electron chi connectivity index (χ2n) is 17.0.